The van der Waals surface area contributed by atoms with E-state index in [1.165, 1.54) is 4.90 Å². The van der Waals surface area contributed by atoms with Crippen LogP contribution < -0.4 is 5.32 Å². The molecule has 7 nitrogen and oxygen atoms in total. The number of nitrogens with one attached hydrogen (secondary N) is 1. The van der Waals surface area contributed by atoms with Crippen LogP contribution in [0.4, 0.5) is 8.78 Å². The summed E-state index contributed by atoms with van der Waals surface area (Å²) >= 11 is 0. The average molecular weight is 446 g/mol. The van der Waals surface area contributed by atoms with E-state index in [9.17, 15) is 26.8 Å². The maximum absolute atomic E-state index is 14.0. The van der Waals surface area contributed by atoms with Crippen molar-refractivity contribution in [3.8, 4) is 0 Å². The van der Waals surface area contributed by atoms with Crippen molar-refractivity contribution in [3.05, 3.63) is 29.8 Å². The van der Waals surface area contributed by atoms with Gasteiger partial charge < -0.3 is 10.2 Å². The molecule has 2 rings (SSSR count). The van der Waals surface area contributed by atoms with E-state index in [1.54, 1.807) is 0 Å². The monoisotopic (exact) mass is 445 g/mol. The van der Waals surface area contributed by atoms with Crippen LogP contribution >= 0.6 is 0 Å². The van der Waals surface area contributed by atoms with Crippen LogP contribution in [0.15, 0.2) is 23.1 Å². The highest BCUT2D eigenvalue weighted by Gasteiger charge is 2.35. The second-order valence-electron chi connectivity index (χ2n) is 8.19. The Morgan fingerprint density at radius 2 is 1.67 bits per heavy atom. The van der Waals surface area contributed by atoms with Crippen LogP contribution in [0, 0.1) is 23.5 Å². The molecule has 1 aliphatic rings. The first-order chi connectivity index (χ1) is 13.9. The Morgan fingerprint density at radius 1 is 1.07 bits per heavy atom. The Balaban J connectivity index is 2.06. The van der Waals surface area contributed by atoms with Gasteiger partial charge in [-0.15, -0.1) is 0 Å². The van der Waals surface area contributed by atoms with Crippen molar-refractivity contribution in [1.82, 2.24) is 14.5 Å². The summed E-state index contributed by atoms with van der Waals surface area (Å²) in [6, 6.07) is 1.62. The lowest BCUT2D eigenvalue weighted by Gasteiger charge is -2.36. The molecule has 1 N–H and O–H groups in total. The van der Waals surface area contributed by atoms with Crippen LogP contribution in [0.5, 0.6) is 0 Å². The van der Waals surface area contributed by atoms with Crippen LogP contribution in [0.3, 0.4) is 0 Å². The lowest BCUT2D eigenvalue weighted by atomic mass is 10.0. The highest BCUT2D eigenvalue weighted by molar-refractivity contribution is 7.89. The molecule has 0 spiro atoms. The van der Waals surface area contributed by atoms with Crippen LogP contribution in [0.25, 0.3) is 0 Å². The summed E-state index contributed by atoms with van der Waals surface area (Å²) in [4.78, 5) is 26.0. The average Bonchev–Trinajstić information content (AvgIpc) is 2.64. The van der Waals surface area contributed by atoms with E-state index < -0.39 is 32.6 Å². The number of benzene rings is 1. The third-order valence-corrected chi connectivity index (χ3v) is 6.84. The molecule has 0 saturated carbocycles. The molecule has 1 aromatic carbocycles. The van der Waals surface area contributed by atoms with Crippen molar-refractivity contribution in [2.24, 2.45) is 11.8 Å². The summed E-state index contributed by atoms with van der Waals surface area (Å²) in [7, 11) is -4.14. The molecule has 0 radical (unpaired) electrons. The van der Waals surface area contributed by atoms with Crippen molar-refractivity contribution in [2.45, 2.75) is 45.1 Å². The van der Waals surface area contributed by atoms with Crippen molar-refractivity contribution < 1.29 is 26.8 Å². The van der Waals surface area contributed by atoms with E-state index in [1.807, 2.05) is 27.7 Å². The minimum absolute atomic E-state index is 0.0182. The molecule has 1 heterocycles. The Morgan fingerprint density at radius 3 is 2.17 bits per heavy atom. The second-order valence-corrected chi connectivity index (χ2v) is 10.1. The minimum Gasteiger partial charge on any atom is -0.344 e. The van der Waals surface area contributed by atoms with E-state index in [2.05, 4.69) is 5.32 Å². The Kier molecular flexibility index (Phi) is 7.93. The molecule has 0 aromatic heterocycles. The number of carbonyl (C=O) groups is 2. The van der Waals surface area contributed by atoms with Crippen molar-refractivity contribution in [2.75, 3.05) is 26.2 Å². The summed E-state index contributed by atoms with van der Waals surface area (Å²) in [5.74, 6) is -2.46. The summed E-state index contributed by atoms with van der Waals surface area (Å²) in [6.45, 7) is 7.68. The fourth-order valence-electron chi connectivity index (χ4n) is 3.29. The standard InChI is InChI=1S/C20H29F2N3O4S/c1-13(2)11-18(26)23-19(14(3)4)20(27)24-7-9-25(10-8-24)30(28,29)17-6-5-15(21)12-16(17)22/h5-6,12-14,19H,7-11H2,1-4H3,(H,23,26). The number of halogens is 2. The van der Waals surface area contributed by atoms with E-state index in [4.69, 9.17) is 0 Å². The maximum Gasteiger partial charge on any atom is 0.246 e. The molecule has 0 bridgehead atoms. The summed E-state index contributed by atoms with van der Waals surface area (Å²) < 4.78 is 53.5. The predicted octanol–water partition coefficient (Wildman–Crippen LogP) is 1.98. The second kappa shape index (κ2) is 9.82. The number of rotatable bonds is 7. The zero-order chi connectivity index (χ0) is 22.6. The first-order valence-corrected chi connectivity index (χ1v) is 11.4. The van der Waals surface area contributed by atoms with Gasteiger partial charge in [-0.25, -0.2) is 17.2 Å². The molecule has 1 fully saturated rings. The fourth-order valence-corrected chi connectivity index (χ4v) is 4.75. The van der Waals surface area contributed by atoms with Crippen molar-refractivity contribution in [1.29, 1.82) is 0 Å². The lowest BCUT2D eigenvalue weighted by Crippen LogP contribution is -2.57. The minimum atomic E-state index is -4.14. The Labute approximate surface area is 176 Å². The smallest absolute Gasteiger partial charge is 0.246 e. The normalized spacial score (nSPS) is 16.7. The van der Waals surface area contributed by atoms with E-state index >= 15 is 0 Å². The quantitative estimate of drug-likeness (QED) is 0.695. The van der Waals surface area contributed by atoms with Gasteiger partial charge in [0.2, 0.25) is 21.8 Å². The number of carbonyl (C=O) groups excluding carboxylic acids is 2. The zero-order valence-corrected chi connectivity index (χ0v) is 18.5. The number of hydrogen-bond donors (Lipinski definition) is 1. The summed E-state index contributed by atoms with van der Waals surface area (Å²) in [6.07, 6.45) is 0.311. The molecule has 30 heavy (non-hydrogen) atoms. The van der Waals surface area contributed by atoms with Gasteiger partial charge in [-0.3, -0.25) is 9.59 Å². The van der Waals surface area contributed by atoms with Crippen LogP contribution in [-0.4, -0.2) is 61.7 Å². The predicted molar refractivity (Wildman–Crippen MR) is 108 cm³/mol. The molecule has 10 heteroatoms. The van der Waals surface area contributed by atoms with E-state index in [0.29, 0.717) is 12.5 Å². The van der Waals surface area contributed by atoms with Crippen molar-refractivity contribution >= 4 is 21.8 Å². The molecule has 1 atom stereocenters. The summed E-state index contributed by atoms with van der Waals surface area (Å²) in [5.41, 5.74) is 0. The van der Waals surface area contributed by atoms with E-state index in [0.717, 1.165) is 16.4 Å². The molecular formula is C20H29F2N3O4S. The van der Waals surface area contributed by atoms with Crippen LogP contribution in [0.1, 0.15) is 34.1 Å². The molecule has 2 amide bonds. The summed E-state index contributed by atoms with van der Waals surface area (Å²) in [5, 5.41) is 2.78. The van der Waals surface area contributed by atoms with Gasteiger partial charge in [0.25, 0.3) is 0 Å². The van der Waals surface area contributed by atoms with Gasteiger partial charge in [-0.2, -0.15) is 4.31 Å². The largest absolute Gasteiger partial charge is 0.344 e. The third kappa shape index (κ3) is 5.75. The molecular weight excluding hydrogens is 416 g/mol. The molecule has 0 aliphatic carbocycles. The topological polar surface area (TPSA) is 86.8 Å². The van der Waals surface area contributed by atoms with Crippen molar-refractivity contribution in [3.63, 3.8) is 0 Å². The fraction of sp³-hybridized carbons (Fsp3) is 0.600. The lowest BCUT2D eigenvalue weighted by molar-refractivity contribution is -0.138. The van der Waals surface area contributed by atoms with Gasteiger partial charge in [0.1, 0.15) is 22.6 Å². The van der Waals surface area contributed by atoms with Gasteiger partial charge >= 0.3 is 0 Å². The van der Waals surface area contributed by atoms with Gasteiger partial charge in [-0.05, 0) is 24.0 Å². The van der Waals surface area contributed by atoms with E-state index in [-0.39, 0.29) is 49.8 Å². The Hall–Kier alpha value is -2.07. The van der Waals surface area contributed by atoms with Gasteiger partial charge in [0, 0.05) is 38.7 Å². The molecule has 168 valence electrons. The van der Waals surface area contributed by atoms with Gasteiger partial charge in [-0.1, -0.05) is 27.7 Å². The van der Waals surface area contributed by atoms with Crippen LogP contribution in [0.2, 0.25) is 0 Å². The highest BCUT2D eigenvalue weighted by Crippen LogP contribution is 2.22. The number of amides is 2. The molecule has 1 aliphatic heterocycles. The number of nitrogens with zero attached hydrogens (tertiary/aromatic N) is 2. The number of piperazine rings is 1. The third-order valence-electron chi connectivity index (χ3n) is 4.90. The van der Waals surface area contributed by atoms with Gasteiger partial charge in [0.15, 0.2) is 0 Å². The Bertz CT molecular complexity index is 882. The zero-order valence-electron chi connectivity index (χ0n) is 17.7. The SMILES string of the molecule is CC(C)CC(=O)NC(C(=O)N1CCN(S(=O)(=O)c2ccc(F)cc2F)CC1)C(C)C. The highest BCUT2D eigenvalue weighted by atomic mass is 32.2. The number of hydrogen-bond acceptors (Lipinski definition) is 4. The molecule has 1 unspecified atom stereocenters. The first kappa shape index (κ1) is 24.2. The van der Waals surface area contributed by atoms with Gasteiger partial charge in [0.05, 0.1) is 0 Å². The molecule has 1 saturated heterocycles. The maximum atomic E-state index is 14.0. The first-order valence-electron chi connectivity index (χ1n) is 9.96. The van der Waals surface area contributed by atoms with Crippen LogP contribution in [-0.2, 0) is 19.6 Å². The number of sulfonamides is 1. The molecule has 1 aromatic rings.